The van der Waals surface area contributed by atoms with Crippen molar-refractivity contribution in [3.63, 3.8) is 0 Å². The molecule has 1 aliphatic rings. The smallest absolute Gasteiger partial charge is 0.317 e. The van der Waals surface area contributed by atoms with E-state index in [0.717, 1.165) is 25.7 Å². The van der Waals surface area contributed by atoms with Gasteiger partial charge in [0.15, 0.2) is 0 Å². The van der Waals surface area contributed by atoms with Crippen LogP contribution in [0.1, 0.15) is 65.2 Å². The second kappa shape index (κ2) is 10.1. The standard InChI is InChI=1S/C9H14O4.C4H10/c10-8(11)6-9(12)13-7-4-2-1-3-5-7;1-3-4-2/h7H,1-6H2,(H,10,11);3-4H2,1-2H3. The molecule has 1 N–H and O–H groups in total. The quantitative estimate of drug-likeness (QED) is 0.609. The number of ether oxygens (including phenoxy) is 1. The molecule has 0 amide bonds. The van der Waals surface area contributed by atoms with Gasteiger partial charge in [-0.05, 0) is 25.7 Å². The van der Waals surface area contributed by atoms with Crippen molar-refractivity contribution in [2.75, 3.05) is 0 Å². The molecule has 0 heterocycles. The van der Waals surface area contributed by atoms with Crippen LogP contribution in [-0.4, -0.2) is 23.1 Å². The molecule has 0 radical (unpaired) electrons. The average Bonchev–Trinajstić information content (AvgIpc) is 2.29. The average molecular weight is 244 g/mol. The Balaban J connectivity index is 0.000000557. The Labute approximate surface area is 103 Å². The van der Waals surface area contributed by atoms with E-state index in [1.807, 2.05) is 0 Å². The third-order valence-corrected chi connectivity index (χ3v) is 2.65. The van der Waals surface area contributed by atoms with Crippen LogP contribution in [0.5, 0.6) is 0 Å². The van der Waals surface area contributed by atoms with Crippen LogP contribution in [0.4, 0.5) is 0 Å². The van der Waals surface area contributed by atoms with E-state index in [9.17, 15) is 9.59 Å². The van der Waals surface area contributed by atoms with Crippen LogP contribution in [-0.2, 0) is 14.3 Å². The maximum atomic E-state index is 10.9. The predicted octanol–water partition coefficient (Wildman–Crippen LogP) is 3.14. The fourth-order valence-corrected chi connectivity index (χ4v) is 1.53. The van der Waals surface area contributed by atoms with Gasteiger partial charge in [0.25, 0.3) is 0 Å². The molecule has 0 aliphatic heterocycles. The highest BCUT2D eigenvalue weighted by atomic mass is 16.5. The Morgan fingerprint density at radius 1 is 1.12 bits per heavy atom. The van der Waals surface area contributed by atoms with Crippen LogP contribution in [0, 0.1) is 0 Å². The number of carbonyl (C=O) groups excluding carboxylic acids is 1. The minimum atomic E-state index is -1.12. The molecule has 100 valence electrons. The molecule has 0 aromatic heterocycles. The molecule has 0 saturated heterocycles. The van der Waals surface area contributed by atoms with Gasteiger partial charge < -0.3 is 9.84 Å². The van der Waals surface area contributed by atoms with Gasteiger partial charge in [0, 0.05) is 0 Å². The van der Waals surface area contributed by atoms with E-state index in [1.165, 1.54) is 19.3 Å². The van der Waals surface area contributed by atoms with Crippen LogP contribution in [0.3, 0.4) is 0 Å². The maximum Gasteiger partial charge on any atom is 0.317 e. The lowest BCUT2D eigenvalue weighted by Gasteiger charge is -2.21. The third-order valence-electron chi connectivity index (χ3n) is 2.65. The SMILES string of the molecule is CCCC.O=C(O)CC(=O)OC1CCCCC1. The molecule has 1 rings (SSSR count). The first-order chi connectivity index (χ1) is 8.10. The van der Waals surface area contributed by atoms with Gasteiger partial charge in [-0.3, -0.25) is 9.59 Å². The zero-order valence-electron chi connectivity index (χ0n) is 10.9. The van der Waals surface area contributed by atoms with E-state index in [2.05, 4.69) is 13.8 Å². The lowest BCUT2D eigenvalue weighted by atomic mass is 9.98. The summed E-state index contributed by atoms with van der Waals surface area (Å²) in [4.78, 5) is 21.1. The van der Waals surface area contributed by atoms with Crippen LogP contribution < -0.4 is 0 Å². The topological polar surface area (TPSA) is 63.6 Å². The predicted molar refractivity (Wildman–Crippen MR) is 65.8 cm³/mol. The van der Waals surface area contributed by atoms with Gasteiger partial charge >= 0.3 is 11.9 Å². The van der Waals surface area contributed by atoms with E-state index < -0.39 is 18.4 Å². The molecule has 4 nitrogen and oxygen atoms in total. The highest BCUT2D eigenvalue weighted by Gasteiger charge is 2.18. The molecule has 0 atom stereocenters. The van der Waals surface area contributed by atoms with Crippen LogP contribution in [0.15, 0.2) is 0 Å². The molecule has 0 bridgehead atoms. The van der Waals surface area contributed by atoms with Crippen molar-refractivity contribution >= 4 is 11.9 Å². The molecular weight excluding hydrogens is 220 g/mol. The summed E-state index contributed by atoms with van der Waals surface area (Å²) in [5.74, 6) is -1.74. The molecule has 1 aliphatic carbocycles. The summed E-state index contributed by atoms with van der Waals surface area (Å²) in [6.45, 7) is 4.36. The van der Waals surface area contributed by atoms with Crippen molar-refractivity contribution in [2.45, 2.75) is 71.3 Å². The number of carbonyl (C=O) groups is 2. The van der Waals surface area contributed by atoms with Crippen LogP contribution in [0.2, 0.25) is 0 Å². The summed E-state index contributed by atoms with van der Waals surface area (Å²) >= 11 is 0. The molecule has 0 aromatic carbocycles. The second-order valence-corrected chi connectivity index (χ2v) is 4.32. The Kier molecular flexibility index (Phi) is 9.49. The summed E-state index contributed by atoms with van der Waals surface area (Å²) in [6, 6.07) is 0. The fraction of sp³-hybridized carbons (Fsp3) is 0.846. The first kappa shape index (κ1) is 15.9. The Morgan fingerprint density at radius 3 is 2.06 bits per heavy atom. The highest BCUT2D eigenvalue weighted by molar-refractivity contribution is 5.90. The number of aliphatic carboxylic acids is 1. The zero-order valence-corrected chi connectivity index (χ0v) is 10.9. The molecule has 4 heteroatoms. The van der Waals surface area contributed by atoms with E-state index in [4.69, 9.17) is 9.84 Å². The first-order valence-electron chi connectivity index (χ1n) is 6.51. The van der Waals surface area contributed by atoms with Gasteiger partial charge in [-0.25, -0.2) is 0 Å². The molecule has 0 unspecified atom stereocenters. The third kappa shape index (κ3) is 9.85. The van der Waals surface area contributed by atoms with Crippen molar-refractivity contribution in [3.05, 3.63) is 0 Å². The fourth-order valence-electron chi connectivity index (χ4n) is 1.53. The Morgan fingerprint density at radius 2 is 1.65 bits per heavy atom. The minimum absolute atomic E-state index is 0.0411. The summed E-state index contributed by atoms with van der Waals surface area (Å²) in [6.07, 6.45) is 7.18. The minimum Gasteiger partial charge on any atom is -0.481 e. The van der Waals surface area contributed by atoms with E-state index >= 15 is 0 Å². The highest BCUT2D eigenvalue weighted by Crippen LogP contribution is 2.20. The number of rotatable bonds is 4. The lowest BCUT2D eigenvalue weighted by molar-refractivity contribution is -0.156. The van der Waals surface area contributed by atoms with Crippen molar-refractivity contribution < 1.29 is 19.4 Å². The first-order valence-corrected chi connectivity index (χ1v) is 6.51. The van der Waals surface area contributed by atoms with Gasteiger partial charge in [-0.1, -0.05) is 33.1 Å². The summed E-state index contributed by atoms with van der Waals surface area (Å²) < 4.78 is 4.98. The van der Waals surface area contributed by atoms with Gasteiger partial charge in [0.1, 0.15) is 12.5 Å². The van der Waals surface area contributed by atoms with Gasteiger partial charge in [-0.15, -0.1) is 0 Å². The largest absolute Gasteiger partial charge is 0.481 e. The monoisotopic (exact) mass is 244 g/mol. The van der Waals surface area contributed by atoms with E-state index in [0.29, 0.717) is 0 Å². The van der Waals surface area contributed by atoms with Crippen molar-refractivity contribution in [1.82, 2.24) is 0 Å². The number of esters is 1. The normalized spacial score (nSPS) is 15.6. The van der Waals surface area contributed by atoms with Crippen LogP contribution in [0.25, 0.3) is 0 Å². The van der Waals surface area contributed by atoms with Crippen LogP contribution >= 0.6 is 0 Å². The molecule has 1 saturated carbocycles. The molecular formula is C13H24O4. The molecule has 0 spiro atoms. The number of hydrogen-bond acceptors (Lipinski definition) is 3. The lowest BCUT2D eigenvalue weighted by Crippen LogP contribution is -2.22. The summed E-state index contributed by atoms with van der Waals surface area (Å²) in [5.41, 5.74) is 0. The van der Waals surface area contributed by atoms with E-state index in [1.54, 1.807) is 0 Å². The number of unbranched alkanes of at least 4 members (excludes halogenated alkanes) is 1. The van der Waals surface area contributed by atoms with Gasteiger partial charge in [-0.2, -0.15) is 0 Å². The van der Waals surface area contributed by atoms with Crippen molar-refractivity contribution in [1.29, 1.82) is 0 Å². The van der Waals surface area contributed by atoms with E-state index in [-0.39, 0.29) is 6.10 Å². The number of carboxylic acids is 1. The zero-order chi connectivity index (χ0) is 13.1. The second-order valence-electron chi connectivity index (χ2n) is 4.32. The maximum absolute atomic E-state index is 10.9. The van der Waals surface area contributed by atoms with Crippen molar-refractivity contribution in [2.24, 2.45) is 0 Å². The molecule has 17 heavy (non-hydrogen) atoms. The Bertz CT molecular complexity index is 217. The summed E-state index contributed by atoms with van der Waals surface area (Å²) in [7, 11) is 0. The number of hydrogen-bond donors (Lipinski definition) is 1. The Hall–Kier alpha value is -1.06. The van der Waals surface area contributed by atoms with Gasteiger partial charge in [0.05, 0.1) is 0 Å². The van der Waals surface area contributed by atoms with Gasteiger partial charge in [0.2, 0.25) is 0 Å². The number of carboxylic acid groups (broad SMARTS) is 1. The molecule has 1 fully saturated rings. The summed E-state index contributed by atoms with van der Waals surface area (Å²) in [5, 5.41) is 8.31. The molecule has 0 aromatic rings. The van der Waals surface area contributed by atoms with Crippen molar-refractivity contribution in [3.8, 4) is 0 Å².